The Balaban J connectivity index is 1.30. The van der Waals surface area contributed by atoms with Gasteiger partial charge in [-0.1, -0.05) is 36.4 Å². The predicted molar refractivity (Wildman–Crippen MR) is 118 cm³/mol. The number of carbonyl (C=O) groups is 2. The Hall–Kier alpha value is -1.89. The molecule has 1 saturated heterocycles. The summed E-state index contributed by atoms with van der Waals surface area (Å²) in [5.41, 5.74) is 0.561. The monoisotopic (exact) mass is 431 g/mol. The maximum Gasteiger partial charge on any atom is 0.264 e. The number of hydrogen-bond donors (Lipinski definition) is 1. The molecule has 2 amide bonds. The topological polar surface area (TPSA) is 61.8 Å². The van der Waals surface area contributed by atoms with Gasteiger partial charge in [0.2, 0.25) is 5.91 Å². The zero-order valence-electron chi connectivity index (χ0n) is 17.7. The van der Waals surface area contributed by atoms with Crippen molar-refractivity contribution < 1.29 is 14.0 Å². The molecule has 1 aliphatic carbocycles. The number of carbonyl (C=O) groups excluding carboxylic acids is 2. The highest BCUT2D eigenvalue weighted by Gasteiger charge is 2.44. The summed E-state index contributed by atoms with van der Waals surface area (Å²) >= 11 is 1.45. The van der Waals surface area contributed by atoms with Gasteiger partial charge in [-0.05, 0) is 57.9 Å². The molecule has 2 aliphatic heterocycles. The molecule has 0 aromatic heterocycles. The number of likely N-dealkylation sites (tertiary alicyclic amines) is 1. The van der Waals surface area contributed by atoms with Gasteiger partial charge in [0, 0.05) is 24.6 Å². The molecular formula is C23H30FN3O2S. The Kier molecular flexibility index (Phi) is 6.19. The highest BCUT2D eigenvalue weighted by molar-refractivity contribution is 8.16. The van der Waals surface area contributed by atoms with Crippen molar-refractivity contribution >= 4 is 28.7 Å². The first-order valence-corrected chi connectivity index (χ1v) is 11.8. The van der Waals surface area contributed by atoms with Crippen LogP contribution in [0.2, 0.25) is 0 Å². The van der Waals surface area contributed by atoms with Crippen LogP contribution in [0.4, 0.5) is 4.39 Å². The maximum atomic E-state index is 14.0. The molecule has 5 nitrogen and oxygen atoms in total. The number of nitrogens with one attached hydrogen (secondary N) is 1. The van der Waals surface area contributed by atoms with Gasteiger partial charge in [0.15, 0.2) is 5.17 Å². The summed E-state index contributed by atoms with van der Waals surface area (Å²) in [6.45, 7) is 5.42. The van der Waals surface area contributed by atoms with Crippen molar-refractivity contribution in [3.05, 3.63) is 35.6 Å². The van der Waals surface area contributed by atoms with Crippen LogP contribution in [0.25, 0.3) is 0 Å². The minimum absolute atomic E-state index is 0.122. The molecule has 1 aromatic carbocycles. The summed E-state index contributed by atoms with van der Waals surface area (Å²) in [4.78, 5) is 31.4. The van der Waals surface area contributed by atoms with Gasteiger partial charge in [-0.3, -0.25) is 9.59 Å². The zero-order chi connectivity index (χ0) is 21.3. The molecule has 3 aliphatic rings. The fraction of sp³-hybridized carbons (Fsp3) is 0.609. The molecule has 4 rings (SSSR count). The largest absolute Gasteiger partial charge is 0.358 e. The van der Waals surface area contributed by atoms with E-state index in [2.05, 4.69) is 10.3 Å². The number of thioether (sulfide) groups is 1. The average Bonchev–Trinajstić information content (AvgIpc) is 2.94. The maximum absolute atomic E-state index is 14.0. The van der Waals surface area contributed by atoms with Gasteiger partial charge >= 0.3 is 0 Å². The second-order valence-corrected chi connectivity index (χ2v) is 10.5. The molecule has 30 heavy (non-hydrogen) atoms. The van der Waals surface area contributed by atoms with Gasteiger partial charge in [0.25, 0.3) is 5.91 Å². The van der Waals surface area contributed by atoms with Crippen LogP contribution >= 0.6 is 11.8 Å². The van der Waals surface area contributed by atoms with Crippen molar-refractivity contribution in [3.63, 3.8) is 0 Å². The third-order valence-corrected chi connectivity index (χ3v) is 7.94. The number of aliphatic imine (C=N–C) groups is 1. The molecule has 7 heteroatoms. The Labute approximate surface area is 181 Å². The molecule has 2 atom stereocenters. The van der Waals surface area contributed by atoms with Crippen molar-refractivity contribution in [2.24, 2.45) is 16.8 Å². The van der Waals surface area contributed by atoms with Crippen molar-refractivity contribution in [3.8, 4) is 0 Å². The lowest BCUT2D eigenvalue weighted by Crippen LogP contribution is -2.44. The van der Waals surface area contributed by atoms with Crippen LogP contribution in [0.15, 0.2) is 29.3 Å². The molecule has 1 aromatic rings. The Morgan fingerprint density at radius 2 is 2.00 bits per heavy atom. The van der Waals surface area contributed by atoms with E-state index in [1.165, 1.54) is 24.2 Å². The van der Waals surface area contributed by atoms with Crippen LogP contribution in [0.5, 0.6) is 0 Å². The van der Waals surface area contributed by atoms with Crippen molar-refractivity contribution in [2.75, 3.05) is 13.1 Å². The molecule has 0 bridgehead atoms. The van der Waals surface area contributed by atoms with E-state index in [-0.39, 0.29) is 23.7 Å². The van der Waals surface area contributed by atoms with Crippen LogP contribution in [-0.2, 0) is 9.59 Å². The molecular weight excluding hydrogens is 401 g/mol. The van der Waals surface area contributed by atoms with E-state index in [1.54, 1.807) is 18.2 Å². The van der Waals surface area contributed by atoms with Crippen molar-refractivity contribution in [1.82, 2.24) is 10.2 Å². The third-order valence-electron chi connectivity index (χ3n) is 6.75. The highest BCUT2D eigenvalue weighted by atomic mass is 32.2. The highest BCUT2D eigenvalue weighted by Crippen LogP contribution is 2.41. The van der Waals surface area contributed by atoms with Crippen LogP contribution in [0.1, 0.15) is 64.0 Å². The molecule has 1 N–H and O–H groups in total. The van der Waals surface area contributed by atoms with E-state index in [0.29, 0.717) is 22.6 Å². The quantitative estimate of drug-likeness (QED) is 0.755. The lowest BCUT2D eigenvalue weighted by Gasteiger charge is -2.38. The first-order valence-electron chi connectivity index (χ1n) is 11.0. The number of hydrogen-bond acceptors (Lipinski definition) is 4. The minimum Gasteiger partial charge on any atom is -0.358 e. The number of benzene rings is 1. The summed E-state index contributed by atoms with van der Waals surface area (Å²) in [6.07, 6.45) is 5.90. The molecule has 0 radical (unpaired) electrons. The standard InChI is InChI=1S/C23H30FN3O2S/c1-15(18-8-3-4-9-19(18)24)25-22-26-21(29)23(2,30-22)14-16-10-12-27(13-11-16)20(28)17-6-5-7-17/h3-4,8-9,15-17H,5-7,10-14H2,1-2H3,(H,25,26,29)/t15-,23?/m0/s1. The minimum atomic E-state index is -0.595. The summed E-state index contributed by atoms with van der Waals surface area (Å²) in [6, 6.07) is 6.38. The van der Waals surface area contributed by atoms with Gasteiger partial charge in [-0.15, -0.1) is 0 Å². The van der Waals surface area contributed by atoms with Crippen LogP contribution in [0, 0.1) is 17.7 Å². The normalized spacial score (nSPS) is 26.3. The molecule has 1 saturated carbocycles. The Bertz CT molecular complexity index is 849. The average molecular weight is 432 g/mol. The summed E-state index contributed by atoms with van der Waals surface area (Å²) < 4.78 is 13.4. The molecule has 2 fully saturated rings. The van der Waals surface area contributed by atoms with Crippen molar-refractivity contribution in [1.29, 1.82) is 0 Å². The van der Waals surface area contributed by atoms with Gasteiger partial charge in [0.05, 0.1) is 6.04 Å². The molecule has 2 heterocycles. The van der Waals surface area contributed by atoms with E-state index in [4.69, 9.17) is 0 Å². The van der Waals surface area contributed by atoms with E-state index >= 15 is 0 Å². The number of nitrogens with zero attached hydrogens (tertiary/aromatic N) is 2. The van der Waals surface area contributed by atoms with Crippen LogP contribution < -0.4 is 5.32 Å². The second kappa shape index (κ2) is 8.69. The number of amidine groups is 1. The number of rotatable bonds is 5. The number of halogens is 1. The third kappa shape index (κ3) is 4.41. The smallest absolute Gasteiger partial charge is 0.264 e. The lowest BCUT2D eigenvalue weighted by molar-refractivity contribution is -0.139. The fourth-order valence-corrected chi connectivity index (χ4v) is 5.83. The van der Waals surface area contributed by atoms with E-state index in [9.17, 15) is 14.0 Å². The first kappa shape index (κ1) is 21.3. The number of amides is 2. The van der Waals surface area contributed by atoms with E-state index in [0.717, 1.165) is 45.2 Å². The van der Waals surface area contributed by atoms with Gasteiger partial charge < -0.3 is 10.2 Å². The Morgan fingerprint density at radius 1 is 1.30 bits per heavy atom. The molecule has 1 unspecified atom stereocenters. The predicted octanol–water partition coefficient (Wildman–Crippen LogP) is 4.29. The van der Waals surface area contributed by atoms with Crippen LogP contribution in [0.3, 0.4) is 0 Å². The second-order valence-electron chi connectivity index (χ2n) is 9.04. The number of piperidine rings is 1. The van der Waals surface area contributed by atoms with E-state index < -0.39 is 4.75 Å². The summed E-state index contributed by atoms with van der Waals surface area (Å²) in [7, 11) is 0. The van der Waals surface area contributed by atoms with E-state index in [1.807, 2.05) is 18.7 Å². The van der Waals surface area contributed by atoms with Crippen LogP contribution in [-0.4, -0.2) is 39.7 Å². The SMILES string of the molecule is C[C@H](NC1=NC(=O)C(C)(CC2CCN(C(=O)C3CCC3)CC2)S1)c1ccccc1F. The van der Waals surface area contributed by atoms with Gasteiger partial charge in [-0.2, -0.15) is 4.99 Å². The Morgan fingerprint density at radius 3 is 2.63 bits per heavy atom. The van der Waals surface area contributed by atoms with Gasteiger partial charge in [-0.25, -0.2) is 4.39 Å². The lowest BCUT2D eigenvalue weighted by atomic mass is 9.82. The molecule has 162 valence electrons. The first-order chi connectivity index (χ1) is 14.4. The fourth-order valence-electron chi connectivity index (χ4n) is 4.59. The zero-order valence-corrected chi connectivity index (χ0v) is 18.5. The van der Waals surface area contributed by atoms with Crippen molar-refractivity contribution in [2.45, 2.75) is 63.2 Å². The van der Waals surface area contributed by atoms with Gasteiger partial charge in [0.1, 0.15) is 10.6 Å². The molecule has 0 spiro atoms. The summed E-state index contributed by atoms with van der Waals surface area (Å²) in [5.74, 6) is 0.608. The summed E-state index contributed by atoms with van der Waals surface area (Å²) in [5, 5.41) is 3.77.